The molecule has 6 nitrogen and oxygen atoms in total. The highest BCUT2D eigenvalue weighted by molar-refractivity contribution is 5.73. The van der Waals surface area contributed by atoms with Crippen LogP contribution in [0.25, 0.3) is 5.95 Å². The summed E-state index contributed by atoms with van der Waals surface area (Å²) in [5.74, 6) is 0.392. The van der Waals surface area contributed by atoms with E-state index in [0.717, 1.165) is 0 Å². The highest BCUT2D eigenvalue weighted by atomic mass is 16.1. The van der Waals surface area contributed by atoms with Crippen LogP contribution in [0, 0.1) is 0 Å². The van der Waals surface area contributed by atoms with Gasteiger partial charge in [-0.2, -0.15) is 9.78 Å². The maximum atomic E-state index is 10.3. The van der Waals surface area contributed by atoms with Gasteiger partial charge >= 0.3 is 0 Å². The number of carbonyl (C=O) groups excluding carboxylic acids is 1. The third-order valence-corrected chi connectivity index (χ3v) is 1.42. The molecule has 0 unspecified atom stereocenters. The summed E-state index contributed by atoms with van der Waals surface area (Å²) in [6.07, 6.45) is 6.41. The zero-order valence-electron chi connectivity index (χ0n) is 6.53. The van der Waals surface area contributed by atoms with E-state index in [0.29, 0.717) is 17.8 Å². The SMILES string of the molecule is O=Cc1cnc(-n2cncn2)nc1. The highest BCUT2D eigenvalue weighted by Gasteiger charge is 1.98. The number of hydrogen-bond donors (Lipinski definition) is 0. The average Bonchev–Trinajstić information content (AvgIpc) is 2.71. The van der Waals surface area contributed by atoms with Gasteiger partial charge in [-0.05, 0) is 0 Å². The first-order valence-electron chi connectivity index (χ1n) is 3.52. The van der Waals surface area contributed by atoms with Crippen LogP contribution >= 0.6 is 0 Å². The molecule has 0 bridgehead atoms. The first kappa shape index (κ1) is 7.53. The molecule has 64 valence electrons. The van der Waals surface area contributed by atoms with Crippen LogP contribution in [0.1, 0.15) is 10.4 Å². The van der Waals surface area contributed by atoms with Crippen LogP contribution in [-0.2, 0) is 0 Å². The van der Waals surface area contributed by atoms with Gasteiger partial charge in [0.15, 0.2) is 6.29 Å². The van der Waals surface area contributed by atoms with Crippen molar-refractivity contribution in [3.05, 3.63) is 30.6 Å². The van der Waals surface area contributed by atoms with E-state index in [4.69, 9.17) is 0 Å². The molecule has 0 atom stereocenters. The van der Waals surface area contributed by atoms with Crippen LogP contribution in [0.2, 0.25) is 0 Å². The Morgan fingerprint density at radius 2 is 2.08 bits per heavy atom. The van der Waals surface area contributed by atoms with Crippen LogP contribution in [0.3, 0.4) is 0 Å². The lowest BCUT2D eigenvalue weighted by Crippen LogP contribution is -2.01. The van der Waals surface area contributed by atoms with E-state index in [2.05, 4.69) is 20.1 Å². The normalized spacial score (nSPS) is 9.85. The van der Waals surface area contributed by atoms with Crippen LogP contribution < -0.4 is 0 Å². The van der Waals surface area contributed by atoms with Crippen molar-refractivity contribution in [2.45, 2.75) is 0 Å². The lowest BCUT2D eigenvalue weighted by Gasteiger charge is -1.96. The highest BCUT2D eigenvalue weighted by Crippen LogP contribution is 1.96. The van der Waals surface area contributed by atoms with Crippen molar-refractivity contribution in [2.75, 3.05) is 0 Å². The number of hydrogen-bond acceptors (Lipinski definition) is 5. The van der Waals surface area contributed by atoms with E-state index in [-0.39, 0.29) is 0 Å². The molecule has 13 heavy (non-hydrogen) atoms. The smallest absolute Gasteiger partial charge is 0.251 e. The van der Waals surface area contributed by atoms with E-state index in [1.54, 1.807) is 0 Å². The fourth-order valence-corrected chi connectivity index (χ4v) is 0.822. The third kappa shape index (κ3) is 1.41. The molecule has 2 aromatic heterocycles. The molecule has 0 fully saturated rings. The van der Waals surface area contributed by atoms with Crippen molar-refractivity contribution in [2.24, 2.45) is 0 Å². The Hall–Kier alpha value is -2.11. The molecular formula is C7H5N5O. The molecule has 0 amide bonds. The molecule has 0 radical (unpaired) electrons. The van der Waals surface area contributed by atoms with Crippen LogP contribution in [0.5, 0.6) is 0 Å². The topological polar surface area (TPSA) is 73.6 Å². The van der Waals surface area contributed by atoms with Crippen LogP contribution in [0.4, 0.5) is 0 Å². The summed E-state index contributed by atoms with van der Waals surface area (Å²) in [7, 11) is 0. The van der Waals surface area contributed by atoms with Gasteiger partial charge in [-0.1, -0.05) is 0 Å². The molecule has 2 aromatic rings. The molecule has 0 aliphatic heterocycles. The molecule has 0 N–H and O–H groups in total. The van der Waals surface area contributed by atoms with Crippen molar-refractivity contribution >= 4 is 6.29 Å². The van der Waals surface area contributed by atoms with Gasteiger partial charge in [0, 0.05) is 12.4 Å². The van der Waals surface area contributed by atoms with Crippen molar-refractivity contribution < 1.29 is 4.79 Å². The molecule has 0 saturated carbocycles. The first-order valence-corrected chi connectivity index (χ1v) is 3.52. The first-order chi connectivity index (χ1) is 6.40. The second-order valence-electron chi connectivity index (χ2n) is 2.27. The largest absolute Gasteiger partial charge is 0.298 e. The van der Waals surface area contributed by atoms with Gasteiger partial charge in [0.1, 0.15) is 12.7 Å². The standard InChI is InChI=1S/C7H5N5O/c13-3-6-1-9-7(10-2-6)12-5-8-4-11-12/h1-5H. The van der Waals surface area contributed by atoms with Gasteiger partial charge in [-0.25, -0.2) is 15.0 Å². The minimum absolute atomic E-state index is 0.392. The second-order valence-corrected chi connectivity index (χ2v) is 2.27. The Kier molecular flexibility index (Phi) is 1.79. The van der Waals surface area contributed by atoms with Crippen molar-refractivity contribution in [3.63, 3.8) is 0 Å². The van der Waals surface area contributed by atoms with Gasteiger partial charge < -0.3 is 0 Å². The zero-order chi connectivity index (χ0) is 9.10. The summed E-state index contributed by atoms with van der Waals surface area (Å²) >= 11 is 0. The molecule has 2 rings (SSSR count). The van der Waals surface area contributed by atoms with Crippen molar-refractivity contribution in [1.29, 1.82) is 0 Å². The van der Waals surface area contributed by atoms with Gasteiger partial charge in [0.05, 0.1) is 5.56 Å². The lowest BCUT2D eigenvalue weighted by molar-refractivity contribution is 0.112. The number of rotatable bonds is 2. The quantitative estimate of drug-likeness (QED) is 0.594. The molecule has 0 saturated heterocycles. The molecule has 0 aromatic carbocycles. The minimum Gasteiger partial charge on any atom is -0.298 e. The van der Waals surface area contributed by atoms with E-state index in [9.17, 15) is 4.79 Å². The predicted molar refractivity (Wildman–Crippen MR) is 42.3 cm³/mol. The number of carbonyl (C=O) groups is 1. The molecular weight excluding hydrogens is 170 g/mol. The van der Waals surface area contributed by atoms with Crippen molar-refractivity contribution in [3.8, 4) is 5.95 Å². The van der Waals surface area contributed by atoms with E-state index in [1.165, 1.54) is 29.7 Å². The summed E-state index contributed by atoms with van der Waals surface area (Å²) in [5, 5.41) is 3.83. The summed E-state index contributed by atoms with van der Waals surface area (Å²) < 4.78 is 1.41. The second kappa shape index (κ2) is 3.10. The van der Waals surface area contributed by atoms with Gasteiger partial charge in [-0.15, -0.1) is 0 Å². The van der Waals surface area contributed by atoms with E-state index >= 15 is 0 Å². The summed E-state index contributed by atoms with van der Waals surface area (Å²) in [6.45, 7) is 0. The molecule has 0 aliphatic carbocycles. The molecule has 0 spiro atoms. The predicted octanol–water partition coefficient (Wildman–Crippen LogP) is -0.130. The maximum absolute atomic E-state index is 10.3. The fourth-order valence-electron chi connectivity index (χ4n) is 0.822. The van der Waals surface area contributed by atoms with Crippen molar-refractivity contribution in [1.82, 2.24) is 24.7 Å². The Balaban J connectivity index is 2.38. The lowest BCUT2D eigenvalue weighted by atomic mass is 10.4. The molecule has 2 heterocycles. The average molecular weight is 175 g/mol. The third-order valence-electron chi connectivity index (χ3n) is 1.42. The summed E-state index contributed by atoms with van der Waals surface area (Å²) in [5.41, 5.74) is 0.434. The molecule has 0 aliphatic rings. The van der Waals surface area contributed by atoms with E-state index < -0.39 is 0 Å². The Morgan fingerprint density at radius 1 is 1.31 bits per heavy atom. The van der Waals surface area contributed by atoms with Gasteiger partial charge in [-0.3, -0.25) is 4.79 Å². The summed E-state index contributed by atoms with van der Waals surface area (Å²) in [6, 6.07) is 0. The van der Waals surface area contributed by atoms with Crippen LogP contribution in [0.15, 0.2) is 25.0 Å². The number of nitrogens with zero attached hydrogens (tertiary/aromatic N) is 5. The number of aromatic nitrogens is 5. The van der Waals surface area contributed by atoms with E-state index in [1.807, 2.05) is 0 Å². The monoisotopic (exact) mass is 175 g/mol. The fraction of sp³-hybridized carbons (Fsp3) is 0. The van der Waals surface area contributed by atoms with Gasteiger partial charge in [0.2, 0.25) is 0 Å². The molecule has 6 heteroatoms. The maximum Gasteiger partial charge on any atom is 0.251 e. The Labute approximate surface area is 73.3 Å². The van der Waals surface area contributed by atoms with Crippen LogP contribution in [-0.4, -0.2) is 31.0 Å². The Morgan fingerprint density at radius 3 is 2.62 bits per heavy atom. The van der Waals surface area contributed by atoms with Gasteiger partial charge in [0.25, 0.3) is 5.95 Å². The number of aldehydes is 1. The minimum atomic E-state index is 0.392. The summed E-state index contributed by atoms with van der Waals surface area (Å²) in [4.78, 5) is 21.9. The zero-order valence-corrected chi connectivity index (χ0v) is 6.53. The Bertz CT molecular complexity index is 393.